The highest BCUT2D eigenvalue weighted by molar-refractivity contribution is 5.88. The second-order valence-corrected chi connectivity index (χ2v) is 5.60. The van der Waals surface area contributed by atoms with Gasteiger partial charge in [0.05, 0.1) is 11.2 Å². The summed E-state index contributed by atoms with van der Waals surface area (Å²) < 4.78 is 0. The standard InChI is InChI=1S/C16H18N2/c1-2-15-17-13-8-6-11(10-4-3-5-10)12-7-9-14(18-15)16(12)13/h6,8,10H,2-5,7,9H2,1H3. The van der Waals surface area contributed by atoms with Gasteiger partial charge in [0.25, 0.3) is 0 Å². The third kappa shape index (κ3) is 1.35. The highest BCUT2D eigenvalue weighted by Crippen LogP contribution is 2.42. The van der Waals surface area contributed by atoms with Crippen LogP contribution in [0.15, 0.2) is 12.1 Å². The summed E-state index contributed by atoms with van der Waals surface area (Å²) in [6, 6.07) is 4.56. The zero-order chi connectivity index (χ0) is 12.1. The number of nitrogens with zero attached hydrogens (tertiary/aromatic N) is 2. The van der Waals surface area contributed by atoms with Crippen molar-refractivity contribution in [3.05, 3.63) is 34.8 Å². The van der Waals surface area contributed by atoms with Crippen molar-refractivity contribution in [2.24, 2.45) is 0 Å². The molecule has 1 saturated carbocycles. The summed E-state index contributed by atoms with van der Waals surface area (Å²) in [5.74, 6) is 1.82. The highest BCUT2D eigenvalue weighted by atomic mass is 14.9. The van der Waals surface area contributed by atoms with Gasteiger partial charge in [0.15, 0.2) is 0 Å². The Bertz CT molecular complexity index is 627. The van der Waals surface area contributed by atoms with Crippen molar-refractivity contribution < 1.29 is 0 Å². The van der Waals surface area contributed by atoms with E-state index < -0.39 is 0 Å². The van der Waals surface area contributed by atoms with E-state index in [4.69, 9.17) is 4.98 Å². The van der Waals surface area contributed by atoms with E-state index >= 15 is 0 Å². The molecule has 0 amide bonds. The average molecular weight is 238 g/mol. The first-order valence-electron chi connectivity index (χ1n) is 7.18. The van der Waals surface area contributed by atoms with E-state index in [1.165, 1.54) is 42.3 Å². The largest absolute Gasteiger partial charge is 0.237 e. The molecule has 1 fully saturated rings. The molecule has 0 radical (unpaired) electrons. The van der Waals surface area contributed by atoms with Crippen molar-refractivity contribution in [1.82, 2.24) is 9.97 Å². The Morgan fingerprint density at radius 3 is 2.78 bits per heavy atom. The Balaban J connectivity index is 1.96. The van der Waals surface area contributed by atoms with Gasteiger partial charge >= 0.3 is 0 Å². The van der Waals surface area contributed by atoms with Crippen LogP contribution in [-0.2, 0) is 19.3 Å². The lowest BCUT2D eigenvalue weighted by Gasteiger charge is -2.27. The lowest BCUT2D eigenvalue weighted by Crippen LogP contribution is -2.11. The summed E-state index contributed by atoms with van der Waals surface area (Å²) in [6.07, 6.45) is 7.39. The van der Waals surface area contributed by atoms with Gasteiger partial charge in [-0.15, -0.1) is 0 Å². The zero-order valence-electron chi connectivity index (χ0n) is 10.9. The molecule has 0 aliphatic heterocycles. The first kappa shape index (κ1) is 10.5. The summed E-state index contributed by atoms with van der Waals surface area (Å²) in [5.41, 5.74) is 5.63. The molecule has 1 heterocycles. The Kier molecular flexibility index (Phi) is 2.20. The third-order valence-electron chi connectivity index (χ3n) is 4.60. The fraction of sp³-hybridized carbons (Fsp3) is 0.500. The summed E-state index contributed by atoms with van der Waals surface area (Å²) in [7, 11) is 0. The quantitative estimate of drug-likeness (QED) is 0.799. The average Bonchev–Trinajstić information content (AvgIpc) is 2.75. The molecule has 2 heteroatoms. The monoisotopic (exact) mass is 238 g/mol. The van der Waals surface area contributed by atoms with Crippen molar-refractivity contribution >= 4 is 10.9 Å². The molecular weight excluding hydrogens is 220 g/mol. The predicted octanol–water partition coefficient (Wildman–Crippen LogP) is 3.56. The number of rotatable bonds is 2. The first-order chi connectivity index (χ1) is 8.86. The van der Waals surface area contributed by atoms with Gasteiger partial charge in [-0.1, -0.05) is 19.4 Å². The van der Waals surface area contributed by atoms with Crippen LogP contribution in [-0.4, -0.2) is 9.97 Å². The van der Waals surface area contributed by atoms with Gasteiger partial charge in [0.2, 0.25) is 0 Å². The highest BCUT2D eigenvalue weighted by Gasteiger charge is 2.27. The predicted molar refractivity (Wildman–Crippen MR) is 72.9 cm³/mol. The number of hydrogen-bond donors (Lipinski definition) is 0. The number of hydrogen-bond acceptors (Lipinski definition) is 2. The maximum atomic E-state index is 4.72. The minimum Gasteiger partial charge on any atom is -0.237 e. The second-order valence-electron chi connectivity index (χ2n) is 5.60. The smallest absolute Gasteiger partial charge is 0.129 e. The summed E-state index contributed by atoms with van der Waals surface area (Å²) in [6.45, 7) is 2.13. The fourth-order valence-corrected chi connectivity index (χ4v) is 3.40. The molecule has 2 aliphatic carbocycles. The van der Waals surface area contributed by atoms with Crippen LogP contribution in [0.25, 0.3) is 10.9 Å². The Morgan fingerprint density at radius 2 is 2.06 bits per heavy atom. The van der Waals surface area contributed by atoms with Crippen LogP contribution in [0.5, 0.6) is 0 Å². The summed E-state index contributed by atoms with van der Waals surface area (Å²) in [4.78, 5) is 9.41. The topological polar surface area (TPSA) is 25.8 Å². The molecular formula is C16H18N2. The van der Waals surface area contributed by atoms with Gasteiger partial charge in [-0.05, 0) is 48.8 Å². The van der Waals surface area contributed by atoms with Crippen LogP contribution >= 0.6 is 0 Å². The van der Waals surface area contributed by atoms with E-state index in [1.54, 1.807) is 11.1 Å². The van der Waals surface area contributed by atoms with Gasteiger partial charge in [0, 0.05) is 11.8 Å². The Hall–Kier alpha value is -1.44. The van der Waals surface area contributed by atoms with E-state index in [0.717, 1.165) is 24.6 Å². The van der Waals surface area contributed by atoms with Crippen LogP contribution in [0, 0.1) is 0 Å². The van der Waals surface area contributed by atoms with Crippen LogP contribution in [0.2, 0.25) is 0 Å². The lowest BCUT2D eigenvalue weighted by atomic mass is 9.77. The van der Waals surface area contributed by atoms with E-state index in [-0.39, 0.29) is 0 Å². The molecule has 0 unspecified atom stereocenters. The first-order valence-corrected chi connectivity index (χ1v) is 7.18. The molecule has 2 nitrogen and oxygen atoms in total. The maximum Gasteiger partial charge on any atom is 0.129 e. The number of aromatic nitrogens is 2. The van der Waals surface area contributed by atoms with Gasteiger partial charge in [0.1, 0.15) is 5.82 Å². The van der Waals surface area contributed by atoms with E-state index in [9.17, 15) is 0 Å². The molecule has 0 saturated heterocycles. The van der Waals surface area contributed by atoms with E-state index in [1.807, 2.05) is 0 Å². The Labute approximate surface area is 107 Å². The Morgan fingerprint density at radius 1 is 1.17 bits per heavy atom. The third-order valence-corrected chi connectivity index (χ3v) is 4.60. The molecule has 2 aliphatic rings. The van der Waals surface area contributed by atoms with Crippen LogP contribution in [0.4, 0.5) is 0 Å². The molecule has 0 bridgehead atoms. The molecule has 1 aromatic heterocycles. The minimum atomic E-state index is 0.821. The summed E-state index contributed by atoms with van der Waals surface area (Å²) in [5, 5.41) is 1.39. The molecule has 4 rings (SSSR count). The molecule has 1 aromatic carbocycles. The number of benzene rings is 1. The van der Waals surface area contributed by atoms with Crippen LogP contribution < -0.4 is 0 Å². The normalized spacial score (nSPS) is 18.3. The fourth-order valence-electron chi connectivity index (χ4n) is 3.40. The van der Waals surface area contributed by atoms with Gasteiger partial charge < -0.3 is 0 Å². The van der Waals surface area contributed by atoms with Crippen molar-refractivity contribution in [2.75, 3.05) is 0 Å². The van der Waals surface area contributed by atoms with Crippen molar-refractivity contribution in [3.63, 3.8) is 0 Å². The SMILES string of the molecule is CCc1nc2c3c(c(C4CCC4)ccc3n1)CC2. The molecule has 92 valence electrons. The van der Waals surface area contributed by atoms with E-state index in [0.29, 0.717) is 0 Å². The van der Waals surface area contributed by atoms with Crippen molar-refractivity contribution in [1.29, 1.82) is 0 Å². The van der Waals surface area contributed by atoms with E-state index in [2.05, 4.69) is 24.0 Å². The number of aryl methyl sites for hydroxylation is 3. The van der Waals surface area contributed by atoms with Crippen molar-refractivity contribution in [2.45, 2.75) is 51.4 Å². The zero-order valence-corrected chi connectivity index (χ0v) is 10.9. The molecule has 18 heavy (non-hydrogen) atoms. The van der Waals surface area contributed by atoms with Crippen molar-refractivity contribution in [3.8, 4) is 0 Å². The van der Waals surface area contributed by atoms with Gasteiger partial charge in [-0.2, -0.15) is 0 Å². The second kappa shape index (κ2) is 3.78. The molecule has 2 aromatic rings. The molecule has 0 N–H and O–H groups in total. The van der Waals surface area contributed by atoms with Crippen LogP contribution in [0.3, 0.4) is 0 Å². The van der Waals surface area contributed by atoms with Gasteiger partial charge in [-0.3, -0.25) is 0 Å². The molecule has 0 spiro atoms. The summed E-state index contributed by atoms with van der Waals surface area (Å²) >= 11 is 0. The van der Waals surface area contributed by atoms with Crippen LogP contribution in [0.1, 0.15) is 54.7 Å². The maximum absolute atomic E-state index is 4.72. The molecule has 0 atom stereocenters. The lowest BCUT2D eigenvalue weighted by molar-refractivity contribution is 0.418. The minimum absolute atomic E-state index is 0.821. The van der Waals surface area contributed by atoms with Gasteiger partial charge in [-0.25, -0.2) is 9.97 Å².